The quantitative estimate of drug-likeness (QED) is 0.889. The first-order valence-electron chi connectivity index (χ1n) is 6.26. The lowest BCUT2D eigenvalue weighted by molar-refractivity contribution is -0.118. The van der Waals surface area contributed by atoms with Crippen LogP contribution in [0.1, 0.15) is 5.56 Å². The Morgan fingerprint density at radius 3 is 2.67 bits per heavy atom. The van der Waals surface area contributed by atoms with Crippen molar-refractivity contribution >= 4 is 11.6 Å². The number of rotatable bonds is 5. The molecular weight excluding hydrogens is 278 g/mol. The second-order valence-corrected chi connectivity index (χ2v) is 4.27. The molecule has 110 valence electrons. The number of benzene rings is 2. The van der Waals surface area contributed by atoms with Gasteiger partial charge in [0.25, 0.3) is 5.91 Å². The Kier molecular flexibility index (Phi) is 4.84. The molecule has 0 unspecified atom stereocenters. The maximum absolute atomic E-state index is 13.4. The van der Waals surface area contributed by atoms with E-state index in [4.69, 9.17) is 10.5 Å². The highest BCUT2D eigenvalue weighted by atomic mass is 19.1. The molecule has 2 aromatic carbocycles. The summed E-state index contributed by atoms with van der Waals surface area (Å²) in [4.78, 5) is 11.7. The largest absolute Gasteiger partial charge is 0.483 e. The summed E-state index contributed by atoms with van der Waals surface area (Å²) >= 11 is 0. The lowest BCUT2D eigenvalue weighted by Crippen LogP contribution is -2.21. The SMILES string of the molecule is NCc1cc(F)ccc1OCC(=O)Nc1ccccc1F. The summed E-state index contributed by atoms with van der Waals surface area (Å²) in [6.45, 7) is -0.241. The molecule has 0 aliphatic carbocycles. The van der Waals surface area contributed by atoms with Gasteiger partial charge < -0.3 is 15.8 Å². The number of hydrogen-bond acceptors (Lipinski definition) is 3. The molecule has 3 N–H and O–H groups in total. The Morgan fingerprint density at radius 1 is 1.19 bits per heavy atom. The molecule has 6 heteroatoms. The lowest BCUT2D eigenvalue weighted by Gasteiger charge is -2.11. The van der Waals surface area contributed by atoms with Crippen LogP contribution in [0, 0.1) is 11.6 Å². The third-order valence-electron chi connectivity index (χ3n) is 2.75. The van der Waals surface area contributed by atoms with Gasteiger partial charge in [0.1, 0.15) is 17.4 Å². The zero-order valence-electron chi connectivity index (χ0n) is 11.1. The molecule has 2 aromatic rings. The van der Waals surface area contributed by atoms with E-state index >= 15 is 0 Å². The highest BCUT2D eigenvalue weighted by Gasteiger charge is 2.09. The fourth-order valence-corrected chi connectivity index (χ4v) is 1.74. The van der Waals surface area contributed by atoms with E-state index in [0.29, 0.717) is 11.3 Å². The number of hydrogen-bond donors (Lipinski definition) is 2. The molecule has 0 spiro atoms. The summed E-state index contributed by atoms with van der Waals surface area (Å²) in [6, 6.07) is 9.65. The molecule has 0 saturated carbocycles. The predicted molar refractivity (Wildman–Crippen MR) is 74.8 cm³/mol. The van der Waals surface area contributed by atoms with Crippen LogP contribution in [0.25, 0.3) is 0 Å². The van der Waals surface area contributed by atoms with Gasteiger partial charge in [-0.1, -0.05) is 12.1 Å². The molecule has 1 amide bonds. The third-order valence-corrected chi connectivity index (χ3v) is 2.75. The molecule has 0 bridgehead atoms. The zero-order valence-corrected chi connectivity index (χ0v) is 11.1. The highest BCUT2D eigenvalue weighted by molar-refractivity contribution is 5.91. The number of carbonyl (C=O) groups excluding carboxylic acids is 1. The van der Waals surface area contributed by atoms with Crippen molar-refractivity contribution in [2.24, 2.45) is 5.73 Å². The molecule has 0 aromatic heterocycles. The van der Waals surface area contributed by atoms with Crippen molar-refractivity contribution in [2.75, 3.05) is 11.9 Å². The van der Waals surface area contributed by atoms with E-state index in [1.54, 1.807) is 6.07 Å². The highest BCUT2D eigenvalue weighted by Crippen LogP contribution is 2.19. The van der Waals surface area contributed by atoms with Gasteiger partial charge in [-0.3, -0.25) is 4.79 Å². The van der Waals surface area contributed by atoms with E-state index < -0.39 is 17.5 Å². The van der Waals surface area contributed by atoms with E-state index in [2.05, 4.69) is 5.32 Å². The zero-order chi connectivity index (χ0) is 15.2. The molecule has 21 heavy (non-hydrogen) atoms. The van der Waals surface area contributed by atoms with Gasteiger partial charge in [0.2, 0.25) is 0 Å². The number of ether oxygens (including phenoxy) is 1. The maximum Gasteiger partial charge on any atom is 0.262 e. The van der Waals surface area contributed by atoms with Crippen molar-refractivity contribution in [2.45, 2.75) is 6.54 Å². The standard InChI is InChI=1S/C15H14F2N2O2/c16-11-5-6-14(10(7-11)8-18)21-9-15(20)19-13-4-2-1-3-12(13)17/h1-7H,8-9,18H2,(H,19,20). The second-order valence-electron chi connectivity index (χ2n) is 4.27. The predicted octanol–water partition coefficient (Wildman–Crippen LogP) is 2.44. The fraction of sp³-hybridized carbons (Fsp3) is 0.133. The van der Waals surface area contributed by atoms with Gasteiger partial charge >= 0.3 is 0 Å². The van der Waals surface area contributed by atoms with Crippen molar-refractivity contribution in [1.29, 1.82) is 0 Å². The van der Waals surface area contributed by atoms with E-state index in [-0.39, 0.29) is 18.8 Å². The number of anilines is 1. The average Bonchev–Trinajstić information content (AvgIpc) is 2.48. The topological polar surface area (TPSA) is 64.3 Å². The Hall–Kier alpha value is -2.47. The minimum atomic E-state index is -0.532. The molecule has 0 radical (unpaired) electrons. The maximum atomic E-state index is 13.4. The van der Waals surface area contributed by atoms with Crippen molar-refractivity contribution in [3.05, 3.63) is 59.7 Å². The van der Waals surface area contributed by atoms with Crippen LogP contribution >= 0.6 is 0 Å². The first-order chi connectivity index (χ1) is 10.1. The lowest BCUT2D eigenvalue weighted by atomic mass is 10.2. The number of carbonyl (C=O) groups is 1. The summed E-state index contributed by atoms with van der Waals surface area (Å²) < 4.78 is 31.7. The minimum Gasteiger partial charge on any atom is -0.483 e. The molecule has 0 aliphatic heterocycles. The van der Waals surface area contributed by atoms with Gasteiger partial charge in [0.05, 0.1) is 5.69 Å². The Balaban J connectivity index is 1.97. The van der Waals surface area contributed by atoms with Gasteiger partial charge in [0, 0.05) is 12.1 Å². The van der Waals surface area contributed by atoms with Crippen molar-refractivity contribution in [3.63, 3.8) is 0 Å². The first-order valence-corrected chi connectivity index (χ1v) is 6.26. The van der Waals surface area contributed by atoms with Crippen LogP contribution in [0.4, 0.5) is 14.5 Å². The van der Waals surface area contributed by atoms with Crippen molar-refractivity contribution in [1.82, 2.24) is 0 Å². The van der Waals surface area contributed by atoms with Crippen LogP contribution in [0.3, 0.4) is 0 Å². The molecule has 0 saturated heterocycles. The molecule has 4 nitrogen and oxygen atoms in total. The van der Waals surface area contributed by atoms with Gasteiger partial charge in [0.15, 0.2) is 6.61 Å². The van der Waals surface area contributed by atoms with Crippen molar-refractivity contribution in [3.8, 4) is 5.75 Å². The number of nitrogens with one attached hydrogen (secondary N) is 1. The van der Waals surface area contributed by atoms with E-state index in [9.17, 15) is 13.6 Å². The first kappa shape index (κ1) is 14.9. The smallest absolute Gasteiger partial charge is 0.262 e. The van der Waals surface area contributed by atoms with Crippen LogP contribution in [0.15, 0.2) is 42.5 Å². The molecule has 0 heterocycles. The van der Waals surface area contributed by atoms with Gasteiger partial charge in [-0.25, -0.2) is 8.78 Å². The molecule has 2 rings (SSSR count). The van der Waals surface area contributed by atoms with Gasteiger partial charge in [-0.05, 0) is 30.3 Å². The van der Waals surface area contributed by atoms with Gasteiger partial charge in [-0.2, -0.15) is 0 Å². The van der Waals surface area contributed by atoms with Gasteiger partial charge in [-0.15, -0.1) is 0 Å². The monoisotopic (exact) mass is 292 g/mol. The second kappa shape index (κ2) is 6.81. The van der Waals surface area contributed by atoms with Crippen molar-refractivity contribution < 1.29 is 18.3 Å². The molecule has 0 aliphatic rings. The summed E-state index contributed by atoms with van der Waals surface area (Å²) in [7, 11) is 0. The molecule has 0 atom stereocenters. The normalized spacial score (nSPS) is 10.2. The number of para-hydroxylation sites is 1. The summed E-state index contributed by atoms with van der Waals surface area (Å²) in [6.07, 6.45) is 0. The van der Waals surface area contributed by atoms with Crippen LogP contribution < -0.4 is 15.8 Å². The number of amides is 1. The molecule has 0 fully saturated rings. The summed E-state index contributed by atoms with van der Waals surface area (Å²) in [5, 5.41) is 2.39. The van der Waals surface area contributed by atoms with E-state index in [0.717, 1.165) is 0 Å². The molecular formula is C15H14F2N2O2. The Morgan fingerprint density at radius 2 is 1.95 bits per heavy atom. The van der Waals surface area contributed by atoms with Crippen LogP contribution in [0.5, 0.6) is 5.75 Å². The number of halogens is 2. The summed E-state index contributed by atoms with van der Waals surface area (Å²) in [5.74, 6) is -1.16. The van der Waals surface area contributed by atoms with Crippen LogP contribution in [-0.4, -0.2) is 12.5 Å². The Labute approximate surface area is 120 Å². The van der Waals surface area contributed by atoms with Crippen LogP contribution in [-0.2, 0) is 11.3 Å². The third kappa shape index (κ3) is 4.00. The van der Waals surface area contributed by atoms with E-state index in [1.807, 2.05) is 0 Å². The minimum absolute atomic E-state index is 0.0734. The number of nitrogens with two attached hydrogens (primary N) is 1. The van der Waals surface area contributed by atoms with Crippen LogP contribution in [0.2, 0.25) is 0 Å². The summed E-state index contributed by atoms with van der Waals surface area (Å²) in [5.41, 5.74) is 6.00. The fourth-order valence-electron chi connectivity index (χ4n) is 1.74. The Bertz CT molecular complexity index is 647. The average molecular weight is 292 g/mol. The van der Waals surface area contributed by atoms with E-state index in [1.165, 1.54) is 36.4 Å².